The topological polar surface area (TPSA) is 68.3 Å². The second-order valence-electron chi connectivity index (χ2n) is 6.21. The van der Waals surface area contributed by atoms with Crippen LogP contribution < -0.4 is 5.32 Å². The maximum atomic E-state index is 11.8. The van der Waals surface area contributed by atoms with E-state index in [0.29, 0.717) is 29.1 Å². The largest absolute Gasteiger partial charge is 0.456 e. The highest BCUT2D eigenvalue weighted by molar-refractivity contribution is 6.30. The Morgan fingerprint density at radius 2 is 2.18 bits per heavy atom. The molecule has 0 aliphatic heterocycles. The fourth-order valence-electron chi connectivity index (χ4n) is 3.67. The number of ether oxygens (including phenoxy) is 1. The first kappa shape index (κ1) is 15.3. The Labute approximate surface area is 134 Å². The van der Waals surface area contributed by atoms with Gasteiger partial charge in [0.2, 0.25) is 0 Å². The average molecular weight is 323 g/mol. The van der Waals surface area contributed by atoms with Gasteiger partial charge < -0.3 is 10.1 Å². The molecule has 1 aromatic heterocycles. The van der Waals surface area contributed by atoms with Crippen molar-refractivity contribution in [1.29, 1.82) is 0 Å². The van der Waals surface area contributed by atoms with Gasteiger partial charge in [-0.05, 0) is 49.1 Å². The Kier molecular flexibility index (Phi) is 4.62. The molecule has 6 heteroatoms. The minimum atomic E-state index is -0.392. The SMILES string of the molecule is O=C(COC(=O)CC1CC2CCC1C2)Nc1ccc(Cl)cn1. The molecule has 2 fully saturated rings. The van der Waals surface area contributed by atoms with Gasteiger partial charge in [0, 0.05) is 12.6 Å². The zero-order chi connectivity index (χ0) is 15.5. The van der Waals surface area contributed by atoms with Crippen molar-refractivity contribution in [2.75, 3.05) is 11.9 Å². The Bertz CT molecular complexity index is 561. The van der Waals surface area contributed by atoms with E-state index in [9.17, 15) is 9.59 Å². The third-order valence-electron chi connectivity index (χ3n) is 4.67. The first-order chi connectivity index (χ1) is 10.6. The molecule has 3 atom stereocenters. The predicted molar refractivity (Wildman–Crippen MR) is 82.4 cm³/mol. The molecule has 3 unspecified atom stereocenters. The molecule has 1 amide bonds. The Hall–Kier alpha value is -1.62. The number of carbonyl (C=O) groups is 2. The van der Waals surface area contributed by atoms with Crippen molar-refractivity contribution in [3.05, 3.63) is 23.4 Å². The average Bonchev–Trinajstić information content (AvgIpc) is 3.10. The highest BCUT2D eigenvalue weighted by Crippen LogP contribution is 2.49. The quantitative estimate of drug-likeness (QED) is 0.846. The van der Waals surface area contributed by atoms with Gasteiger partial charge in [-0.1, -0.05) is 18.0 Å². The van der Waals surface area contributed by atoms with E-state index in [1.807, 2.05) is 0 Å². The highest BCUT2D eigenvalue weighted by Gasteiger charge is 2.40. The second-order valence-corrected chi connectivity index (χ2v) is 6.65. The van der Waals surface area contributed by atoms with Crippen LogP contribution in [0.3, 0.4) is 0 Å². The van der Waals surface area contributed by atoms with Crippen LogP contribution >= 0.6 is 11.6 Å². The van der Waals surface area contributed by atoms with Crippen LogP contribution in [-0.2, 0) is 14.3 Å². The summed E-state index contributed by atoms with van der Waals surface area (Å²) in [7, 11) is 0. The van der Waals surface area contributed by atoms with Crippen LogP contribution in [0.25, 0.3) is 0 Å². The fraction of sp³-hybridized carbons (Fsp3) is 0.562. The van der Waals surface area contributed by atoms with E-state index >= 15 is 0 Å². The predicted octanol–water partition coefficient (Wildman–Crippen LogP) is 3.04. The Balaban J connectivity index is 1.39. The summed E-state index contributed by atoms with van der Waals surface area (Å²) >= 11 is 5.71. The lowest BCUT2D eigenvalue weighted by molar-refractivity contribution is -0.148. The van der Waals surface area contributed by atoms with Gasteiger partial charge in [-0.25, -0.2) is 4.98 Å². The first-order valence-electron chi connectivity index (χ1n) is 7.67. The third kappa shape index (κ3) is 3.77. The molecule has 0 spiro atoms. The summed E-state index contributed by atoms with van der Waals surface area (Å²) in [5, 5.41) is 3.05. The Morgan fingerprint density at radius 1 is 1.32 bits per heavy atom. The summed E-state index contributed by atoms with van der Waals surface area (Å²) in [6.07, 6.45) is 6.84. The molecular weight excluding hydrogens is 304 g/mol. The van der Waals surface area contributed by atoms with Crippen LogP contribution in [0, 0.1) is 17.8 Å². The van der Waals surface area contributed by atoms with Gasteiger partial charge in [-0.3, -0.25) is 9.59 Å². The smallest absolute Gasteiger partial charge is 0.306 e. The minimum absolute atomic E-state index is 0.274. The normalized spacial score (nSPS) is 26.0. The number of nitrogens with zero attached hydrogens (tertiary/aromatic N) is 1. The summed E-state index contributed by atoms with van der Waals surface area (Å²) in [6.45, 7) is -0.274. The van der Waals surface area contributed by atoms with Crippen LogP contribution in [0.1, 0.15) is 32.1 Å². The van der Waals surface area contributed by atoms with Crippen LogP contribution in [-0.4, -0.2) is 23.5 Å². The molecule has 22 heavy (non-hydrogen) atoms. The number of amides is 1. The van der Waals surface area contributed by atoms with Crippen LogP contribution in [0.5, 0.6) is 0 Å². The molecule has 0 radical (unpaired) electrons. The highest BCUT2D eigenvalue weighted by atomic mass is 35.5. The zero-order valence-corrected chi connectivity index (χ0v) is 13.0. The maximum Gasteiger partial charge on any atom is 0.306 e. The van der Waals surface area contributed by atoms with Crippen molar-refractivity contribution >= 4 is 29.3 Å². The standard InChI is InChI=1S/C16H19ClN2O3/c17-13-3-4-14(18-8-13)19-15(20)9-22-16(21)7-12-6-10-1-2-11(12)5-10/h3-4,8,10-12H,1-2,5-7,9H2,(H,18,19,20). The van der Waals surface area contributed by atoms with Gasteiger partial charge in [0.15, 0.2) is 6.61 Å². The number of aromatic nitrogens is 1. The van der Waals surface area contributed by atoms with E-state index in [1.54, 1.807) is 12.1 Å². The molecule has 1 aromatic rings. The molecule has 2 aliphatic rings. The van der Waals surface area contributed by atoms with Crippen LogP contribution in [0.4, 0.5) is 5.82 Å². The molecule has 0 saturated heterocycles. The number of hydrogen-bond donors (Lipinski definition) is 1. The molecule has 2 saturated carbocycles. The van der Waals surface area contributed by atoms with Gasteiger partial charge in [0.05, 0.1) is 5.02 Å². The summed E-state index contributed by atoms with van der Waals surface area (Å²) in [5.41, 5.74) is 0. The van der Waals surface area contributed by atoms with Crippen molar-refractivity contribution in [3.8, 4) is 0 Å². The number of nitrogens with one attached hydrogen (secondary N) is 1. The van der Waals surface area contributed by atoms with Gasteiger partial charge in [0.1, 0.15) is 5.82 Å². The number of esters is 1. The molecule has 5 nitrogen and oxygen atoms in total. The third-order valence-corrected chi connectivity index (χ3v) is 4.90. The van der Waals surface area contributed by atoms with E-state index in [4.69, 9.17) is 16.3 Å². The zero-order valence-electron chi connectivity index (χ0n) is 12.3. The number of rotatable bonds is 5. The van der Waals surface area contributed by atoms with Crippen LogP contribution in [0.15, 0.2) is 18.3 Å². The second kappa shape index (κ2) is 6.65. The van der Waals surface area contributed by atoms with Crippen molar-refractivity contribution < 1.29 is 14.3 Å². The van der Waals surface area contributed by atoms with E-state index in [2.05, 4.69) is 10.3 Å². The summed E-state index contributed by atoms with van der Waals surface area (Å²) in [5.74, 6) is 1.66. The fourth-order valence-corrected chi connectivity index (χ4v) is 3.79. The van der Waals surface area contributed by atoms with Crippen molar-refractivity contribution in [2.24, 2.45) is 17.8 Å². The molecule has 2 bridgehead atoms. The molecule has 118 valence electrons. The van der Waals surface area contributed by atoms with E-state index in [-0.39, 0.29) is 12.6 Å². The maximum absolute atomic E-state index is 11.8. The summed E-state index contributed by atoms with van der Waals surface area (Å²) in [4.78, 5) is 27.5. The molecule has 0 aromatic carbocycles. The number of carbonyl (C=O) groups excluding carboxylic acids is 2. The Morgan fingerprint density at radius 3 is 2.82 bits per heavy atom. The molecular formula is C16H19ClN2O3. The van der Waals surface area contributed by atoms with Gasteiger partial charge in [-0.15, -0.1) is 0 Å². The molecule has 1 heterocycles. The first-order valence-corrected chi connectivity index (χ1v) is 8.05. The lowest BCUT2D eigenvalue weighted by atomic mass is 9.86. The monoisotopic (exact) mass is 322 g/mol. The van der Waals surface area contributed by atoms with Crippen molar-refractivity contribution in [1.82, 2.24) is 4.98 Å². The number of fused-ring (bicyclic) bond motifs is 2. The lowest BCUT2D eigenvalue weighted by Crippen LogP contribution is -2.23. The molecule has 2 aliphatic carbocycles. The summed E-state index contributed by atoms with van der Waals surface area (Å²) < 4.78 is 5.06. The van der Waals surface area contributed by atoms with Gasteiger partial charge in [-0.2, -0.15) is 0 Å². The number of hydrogen-bond acceptors (Lipinski definition) is 4. The minimum Gasteiger partial charge on any atom is -0.456 e. The van der Waals surface area contributed by atoms with E-state index < -0.39 is 5.91 Å². The van der Waals surface area contributed by atoms with Gasteiger partial charge >= 0.3 is 5.97 Å². The number of anilines is 1. The van der Waals surface area contributed by atoms with Crippen molar-refractivity contribution in [2.45, 2.75) is 32.1 Å². The van der Waals surface area contributed by atoms with E-state index in [1.165, 1.54) is 25.5 Å². The van der Waals surface area contributed by atoms with Crippen molar-refractivity contribution in [3.63, 3.8) is 0 Å². The number of halogens is 1. The van der Waals surface area contributed by atoms with Crippen LogP contribution in [0.2, 0.25) is 5.02 Å². The number of pyridine rings is 1. The molecule has 3 rings (SSSR count). The van der Waals surface area contributed by atoms with Gasteiger partial charge in [0.25, 0.3) is 5.91 Å². The molecule has 1 N–H and O–H groups in total. The summed E-state index contributed by atoms with van der Waals surface area (Å²) in [6, 6.07) is 3.22. The lowest BCUT2D eigenvalue weighted by Gasteiger charge is -2.20. The van der Waals surface area contributed by atoms with E-state index in [0.717, 1.165) is 12.3 Å².